The highest BCUT2D eigenvalue weighted by Crippen LogP contribution is 2.22. The van der Waals surface area contributed by atoms with Gasteiger partial charge in [-0.3, -0.25) is 86.5 Å². The molecule has 46 heteroatoms. The molecule has 0 aromatic heterocycles. The first-order chi connectivity index (χ1) is 52.9. The monoisotopic (exact) mass is 1610 g/mol. The number of aliphatic carboxylic acids is 2. The minimum atomic E-state index is -1.74. The van der Waals surface area contributed by atoms with Gasteiger partial charge in [-0.25, -0.2) is 9.59 Å². The fourth-order valence-corrected chi connectivity index (χ4v) is 11.1. The lowest BCUT2D eigenvalue weighted by Gasteiger charge is -2.32. The third kappa shape index (κ3) is 37.3. The van der Waals surface area contributed by atoms with Crippen LogP contribution >= 0.6 is 0 Å². The van der Waals surface area contributed by atoms with Gasteiger partial charge in [-0.2, -0.15) is 0 Å². The Bertz CT molecular complexity index is 3340. The van der Waals surface area contributed by atoms with E-state index >= 15 is 0 Å². The molecule has 2 saturated heterocycles. The normalized spacial score (nSPS) is 17.1. The van der Waals surface area contributed by atoms with Crippen molar-refractivity contribution in [2.24, 2.45) is 68.6 Å². The summed E-state index contributed by atoms with van der Waals surface area (Å²) in [7, 11) is 0. The number of carbonyl (C=O) groups is 19. The van der Waals surface area contributed by atoms with Crippen molar-refractivity contribution in [3.63, 3.8) is 0 Å². The first kappa shape index (κ1) is 100. The molecular formula is C67H117N23O23. The van der Waals surface area contributed by atoms with E-state index in [2.05, 4.69) is 74.1 Å². The maximum Gasteiger partial charge on any atom is 0.326 e. The summed E-state index contributed by atoms with van der Waals surface area (Å²) in [4.78, 5) is 245. The molecule has 2 heterocycles. The average molecular weight is 1610 g/mol. The van der Waals surface area contributed by atoms with E-state index in [1.165, 1.54) is 25.7 Å². The van der Waals surface area contributed by atoms with E-state index < -0.39 is 255 Å². The highest BCUT2D eigenvalue weighted by molar-refractivity contribution is 6.00. The maximum absolute atomic E-state index is 14.1. The molecule has 17 amide bonds. The lowest BCUT2D eigenvalue weighted by atomic mass is 9.99. The van der Waals surface area contributed by atoms with Gasteiger partial charge in [0.15, 0.2) is 5.96 Å². The van der Waals surface area contributed by atoms with Crippen LogP contribution in [-0.4, -0.2) is 274 Å². The second-order valence-electron chi connectivity index (χ2n) is 27.8. The number of guanidine groups is 1. The Morgan fingerprint density at radius 1 is 0.478 bits per heavy atom. The molecule has 0 radical (unpaired) electrons. The number of nitrogens with zero attached hydrogens (tertiary/aromatic N) is 2. The number of aliphatic imine (C=N–C) groups is 1. The average Bonchev–Trinajstić information content (AvgIpc) is 1.73. The predicted molar refractivity (Wildman–Crippen MR) is 400 cm³/mol. The Morgan fingerprint density at radius 2 is 0.938 bits per heavy atom. The number of amides is 17. The molecule has 15 atom stereocenters. The fraction of sp³-hybridized carbons (Fsp3) is 0.701. The van der Waals surface area contributed by atoms with E-state index in [9.17, 15) is 112 Å². The van der Waals surface area contributed by atoms with Crippen LogP contribution in [0.1, 0.15) is 151 Å². The van der Waals surface area contributed by atoms with E-state index in [4.69, 9.17) is 45.9 Å². The smallest absolute Gasteiger partial charge is 0.326 e. The molecule has 33 N–H and O–H groups in total. The largest absolute Gasteiger partial charge is 0.480 e. The lowest BCUT2D eigenvalue weighted by Crippen LogP contribution is -2.61. The van der Waals surface area contributed by atoms with Crippen LogP contribution in [0.3, 0.4) is 0 Å². The summed E-state index contributed by atoms with van der Waals surface area (Å²) in [5.41, 5.74) is 43.0. The van der Waals surface area contributed by atoms with Crippen molar-refractivity contribution in [1.82, 2.24) is 74.0 Å². The number of nitrogens with two attached hydrogens (primary N) is 8. The number of nitrogens with one attached hydrogen (secondary N) is 13. The zero-order chi connectivity index (χ0) is 86.1. The van der Waals surface area contributed by atoms with Gasteiger partial charge in [0.1, 0.15) is 72.5 Å². The SMILES string of the molecule is CC(NC(=O)C1CCCN1)C(=O)NCC(=O)NC(CO)C(=O)NC(C(=O)NC(CCC(N)=O)C(=O)NC(CC(N)=O)C(=O)O)C(C)C.CCC(C)C(N)C(=O)NC(CC(N)=O)C(=O)NC(CCC(N)=O)C(=O)NC(CO)C(=O)NC(C(=O)N1CCCC1C(=O)NC(CCCCN)C(=O)NC(CCCN=C(N)N)C(=O)O)C(C)C. The van der Waals surface area contributed by atoms with Crippen molar-refractivity contribution in [1.29, 1.82) is 0 Å². The van der Waals surface area contributed by atoms with E-state index in [0.717, 1.165) is 6.42 Å². The summed E-state index contributed by atoms with van der Waals surface area (Å²) in [6.45, 7) is 9.82. The highest BCUT2D eigenvalue weighted by atomic mass is 16.4. The molecule has 0 aromatic carbocycles. The van der Waals surface area contributed by atoms with Crippen LogP contribution in [0.2, 0.25) is 0 Å². The molecular weight excluding hydrogens is 1490 g/mol. The number of hydrogen-bond acceptors (Lipinski definition) is 25. The van der Waals surface area contributed by atoms with Crippen molar-refractivity contribution < 1.29 is 112 Å². The topological polar surface area (TPSA) is 785 Å². The fourth-order valence-electron chi connectivity index (χ4n) is 11.1. The summed E-state index contributed by atoms with van der Waals surface area (Å²) < 4.78 is 0. The number of carbonyl (C=O) groups excluding carboxylic acids is 17. The number of primary amides is 4. The lowest BCUT2D eigenvalue weighted by molar-refractivity contribution is -0.144. The quantitative estimate of drug-likeness (QED) is 0.0153. The Balaban J connectivity index is 0.00000120. The van der Waals surface area contributed by atoms with E-state index in [1.807, 2.05) is 0 Å². The molecule has 15 unspecified atom stereocenters. The van der Waals surface area contributed by atoms with Crippen molar-refractivity contribution in [3.8, 4) is 0 Å². The van der Waals surface area contributed by atoms with Gasteiger partial charge in [0.05, 0.1) is 44.7 Å². The zero-order valence-corrected chi connectivity index (χ0v) is 64.6. The third-order valence-corrected chi connectivity index (χ3v) is 17.9. The molecule has 2 aliphatic rings. The number of carboxylic acid groups (broad SMARTS) is 2. The molecule has 0 spiro atoms. The minimum absolute atomic E-state index is 0.0177. The number of aliphatic hydroxyl groups excluding tert-OH is 2. The Hall–Kier alpha value is -11.0. The van der Waals surface area contributed by atoms with Crippen molar-refractivity contribution >= 4 is 118 Å². The van der Waals surface area contributed by atoms with Gasteiger partial charge in [0, 0.05) is 25.9 Å². The summed E-state index contributed by atoms with van der Waals surface area (Å²) in [5, 5.41) is 70.3. The van der Waals surface area contributed by atoms with Crippen LogP contribution in [0.15, 0.2) is 4.99 Å². The number of likely N-dealkylation sites (tertiary alicyclic amines) is 1. The van der Waals surface area contributed by atoms with Gasteiger partial charge < -0.3 is 140 Å². The summed E-state index contributed by atoms with van der Waals surface area (Å²) >= 11 is 0. The van der Waals surface area contributed by atoms with Crippen LogP contribution in [0, 0.1) is 17.8 Å². The number of hydrogen-bond donors (Lipinski definition) is 25. The molecule has 46 nitrogen and oxygen atoms in total. The van der Waals surface area contributed by atoms with Crippen LogP contribution < -0.4 is 115 Å². The maximum atomic E-state index is 14.1. The number of rotatable bonds is 51. The summed E-state index contributed by atoms with van der Waals surface area (Å²) in [6.07, 6.45) is 0.631. The molecule has 0 aliphatic carbocycles. The first-order valence-corrected chi connectivity index (χ1v) is 36.9. The van der Waals surface area contributed by atoms with Crippen LogP contribution in [0.4, 0.5) is 0 Å². The van der Waals surface area contributed by atoms with Crippen molar-refractivity contribution in [3.05, 3.63) is 0 Å². The van der Waals surface area contributed by atoms with Crippen LogP contribution in [-0.2, 0) is 91.1 Å². The van der Waals surface area contributed by atoms with E-state index in [1.54, 1.807) is 27.7 Å². The van der Waals surface area contributed by atoms with Gasteiger partial charge in [-0.05, 0) is 108 Å². The van der Waals surface area contributed by atoms with Crippen LogP contribution in [0.5, 0.6) is 0 Å². The van der Waals surface area contributed by atoms with Crippen molar-refractivity contribution in [2.75, 3.05) is 45.9 Å². The van der Waals surface area contributed by atoms with E-state index in [-0.39, 0.29) is 63.0 Å². The minimum Gasteiger partial charge on any atom is -0.480 e. The molecule has 0 saturated carbocycles. The molecule has 0 aromatic rings. The first-order valence-electron chi connectivity index (χ1n) is 36.9. The third-order valence-electron chi connectivity index (χ3n) is 17.9. The molecule has 113 heavy (non-hydrogen) atoms. The Labute approximate surface area is 652 Å². The van der Waals surface area contributed by atoms with Gasteiger partial charge in [-0.15, -0.1) is 0 Å². The summed E-state index contributed by atoms with van der Waals surface area (Å²) in [5.74, 6) is -19.4. The summed E-state index contributed by atoms with van der Waals surface area (Å²) in [6, 6.07) is -18.5. The van der Waals surface area contributed by atoms with Crippen molar-refractivity contribution in [2.45, 2.75) is 236 Å². The number of carboxylic acids is 2. The van der Waals surface area contributed by atoms with Crippen LogP contribution in [0.25, 0.3) is 0 Å². The second-order valence-corrected chi connectivity index (χ2v) is 27.8. The van der Waals surface area contributed by atoms with E-state index in [0.29, 0.717) is 45.2 Å². The van der Waals surface area contributed by atoms with Gasteiger partial charge in [0.25, 0.3) is 0 Å². The Morgan fingerprint density at radius 3 is 1.42 bits per heavy atom. The Kier molecular flexibility index (Phi) is 45.6. The molecule has 2 fully saturated rings. The van der Waals surface area contributed by atoms with Gasteiger partial charge in [-0.1, -0.05) is 48.0 Å². The number of unbranched alkanes of at least 4 members (excludes halogenated alkanes) is 1. The second kappa shape index (κ2) is 51.5. The molecule has 0 bridgehead atoms. The molecule has 2 aliphatic heterocycles. The zero-order valence-electron chi connectivity index (χ0n) is 64.6. The molecule has 638 valence electrons. The predicted octanol–water partition coefficient (Wildman–Crippen LogP) is -11.5. The highest BCUT2D eigenvalue weighted by Gasteiger charge is 2.42. The number of aliphatic hydroxyl groups is 2. The van der Waals surface area contributed by atoms with Gasteiger partial charge in [0.2, 0.25) is 100 Å². The van der Waals surface area contributed by atoms with Gasteiger partial charge >= 0.3 is 11.9 Å². The standard InChI is InChI=1S/C40H72N14O12.C27H45N9O11/c1-5-21(4)30(44)37(63)51-25(18-29(43)57)34(60)48-23(13-14-28(42)56)33(59)52-26(19-55)35(61)53-31(20(2)3)38(64)54-17-9-12-27(54)36(62)49-22(10-6-7-15-41)32(58)50-24(39(65)66)11-8-16-47-40(45)46;1-12(2)21(26(45)34-15(6-7-18(28)38)24(43)35-16(27(46)47)9-19(29)39)36-25(44)17(11-37)33-20(40)10-31-22(41)13(3)32-23(42)14-5-4-8-30-14/h20-27,30-31,55H,5-19,41,44H2,1-4H3,(H2,42,56)(H2,43,57)(H,48,60)(H,49,62)(H,50,58)(H,51,63)(H,52,59)(H,53,61)(H,65,66)(H4,45,46,47);12-17,21,30,37H,4-11H2,1-3H3,(H2,28,38)(H2,29,39)(H,31,41)(H,32,42)(H,33,40)(H,34,45)(H,35,43)(H,36,44)(H,46,47). The molecule has 2 rings (SSSR count).